The molecule has 1 heteroatoms. The Balaban J connectivity index is 2.15. The lowest BCUT2D eigenvalue weighted by molar-refractivity contribution is 1.00. The fourth-order valence-electron chi connectivity index (χ4n) is 1.80. The Hall–Kier alpha value is -0.170. The predicted octanol–water partition coefficient (Wildman–Crippen LogP) is 1.84. The quantitative estimate of drug-likeness (QED) is 0.458. The highest BCUT2D eigenvalue weighted by Crippen LogP contribution is 2.57. The van der Waals surface area contributed by atoms with Crippen molar-refractivity contribution < 1.29 is 0 Å². The van der Waals surface area contributed by atoms with Crippen LogP contribution in [-0.4, -0.2) is 10.5 Å². The molecule has 0 nitrogen and oxygen atoms in total. The molecule has 0 amide bonds. The van der Waals surface area contributed by atoms with Gasteiger partial charge in [0.15, 0.2) is 0 Å². The van der Waals surface area contributed by atoms with Crippen molar-refractivity contribution in [3.63, 3.8) is 0 Å². The first-order chi connectivity index (χ1) is 4.45. The zero-order chi connectivity index (χ0) is 5.84. The number of hydrogen-bond acceptors (Lipinski definition) is 1. The minimum Gasteiger partial charge on any atom is -0.146 e. The summed E-state index contributed by atoms with van der Waals surface area (Å²) in [6.45, 7) is 0. The van der Waals surface area contributed by atoms with E-state index in [1.807, 2.05) is 0 Å². The van der Waals surface area contributed by atoms with E-state index in [2.05, 4.69) is 36.1 Å². The van der Waals surface area contributed by atoms with Crippen molar-refractivity contribution in [1.82, 2.24) is 0 Å². The molecule has 3 rings (SSSR count). The van der Waals surface area contributed by atoms with Crippen LogP contribution >= 0.6 is 11.8 Å². The molecule has 2 aliphatic heterocycles. The van der Waals surface area contributed by atoms with Crippen LogP contribution in [0.2, 0.25) is 0 Å². The summed E-state index contributed by atoms with van der Waals surface area (Å²) in [5.74, 6) is 1.84. The van der Waals surface area contributed by atoms with Crippen molar-refractivity contribution in [3.8, 4) is 0 Å². The number of hydrogen-bond donors (Lipinski definition) is 0. The highest BCUT2D eigenvalue weighted by atomic mass is 32.2. The van der Waals surface area contributed by atoms with Gasteiger partial charge in [0.1, 0.15) is 0 Å². The van der Waals surface area contributed by atoms with E-state index < -0.39 is 0 Å². The van der Waals surface area contributed by atoms with Gasteiger partial charge >= 0.3 is 0 Å². The number of fused-ring (bicyclic) bond motifs is 2. The fraction of sp³-hybridized carbons (Fsp3) is 0.500. The second-order valence-electron chi connectivity index (χ2n) is 2.99. The Morgan fingerprint density at radius 3 is 2.11 bits per heavy atom. The Bertz CT molecular complexity index is 185. The molecule has 2 bridgehead atoms. The van der Waals surface area contributed by atoms with E-state index >= 15 is 0 Å². The Morgan fingerprint density at radius 1 is 0.889 bits per heavy atom. The summed E-state index contributed by atoms with van der Waals surface area (Å²) in [5.41, 5.74) is 0. The van der Waals surface area contributed by atoms with Crippen molar-refractivity contribution in [2.45, 2.75) is 10.5 Å². The minimum absolute atomic E-state index is 0.727. The van der Waals surface area contributed by atoms with Gasteiger partial charge in [-0.1, -0.05) is 24.3 Å². The Morgan fingerprint density at radius 2 is 1.56 bits per heavy atom. The zero-order valence-corrected chi connectivity index (χ0v) is 5.84. The molecule has 0 aromatic heterocycles. The molecule has 2 atom stereocenters. The first-order valence-corrected chi connectivity index (χ1v) is 4.41. The first kappa shape index (κ1) is 4.62. The average Bonchev–Trinajstić information content (AvgIpc) is 2.62. The number of thioether (sulfide) groups is 1. The standard InChI is InChI=1S/C8H8S/c1-3-6-7-4-2-5(1)9-8(6)7/h1-8H. The molecule has 1 aliphatic carbocycles. The summed E-state index contributed by atoms with van der Waals surface area (Å²) in [5, 5.41) is 1.70. The molecule has 9 heavy (non-hydrogen) atoms. The summed E-state index contributed by atoms with van der Waals surface area (Å²) in [6.07, 6.45) is 9.48. The number of rotatable bonds is 0. The maximum atomic E-state index is 2.40. The Labute approximate surface area is 59.0 Å². The summed E-state index contributed by atoms with van der Waals surface area (Å²) >= 11 is 2.14. The minimum atomic E-state index is 0.727. The van der Waals surface area contributed by atoms with Crippen LogP contribution in [0.25, 0.3) is 0 Å². The third kappa shape index (κ3) is 0.469. The molecule has 0 spiro atoms. The van der Waals surface area contributed by atoms with Crippen molar-refractivity contribution in [1.29, 1.82) is 0 Å². The van der Waals surface area contributed by atoms with Gasteiger partial charge < -0.3 is 0 Å². The molecule has 46 valence electrons. The molecule has 2 heterocycles. The highest BCUT2D eigenvalue weighted by Gasteiger charge is 2.51. The van der Waals surface area contributed by atoms with Gasteiger partial charge in [-0.05, 0) is 11.8 Å². The monoisotopic (exact) mass is 136 g/mol. The smallest absolute Gasteiger partial charge is 0.0411 e. The summed E-state index contributed by atoms with van der Waals surface area (Å²) in [4.78, 5) is 0. The van der Waals surface area contributed by atoms with Gasteiger partial charge in [-0.15, -0.1) is 11.8 Å². The number of allylic oxidation sites excluding steroid dienone is 2. The molecule has 0 saturated heterocycles. The third-order valence-corrected chi connectivity index (χ3v) is 3.99. The van der Waals surface area contributed by atoms with Gasteiger partial charge in [0.05, 0.1) is 0 Å². The van der Waals surface area contributed by atoms with Crippen molar-refractivity contribution in [2.75, 3.05) is 0 Å². The van der Waals surface area contributed by atoms with Crippen molar-refractivity contribution in [3.05, 3.63) is 24.3 Å². The van der Waals surface area contributed by atoms with Crippen LogP contribution in [-0.2, 0) is 0 Å². The average molecular weight is 136 g/mol. The maximum Gasteiger partial charge on any atom is 0.0411 e. The van der Waals surface area contributed by atoms with Crippen LogP contribution in [0.15, 0.2) is 24.3 Å². The SMILES string of the molecule is C1=CC2C3C=CC1SC23. The first-order valence-electron chi connectivity index (χ1n) is 3.47. The van der Waals surface area contributed by atoms with E-state index in [9.17, 15) is 0 Å². The topological polar surface area (TPSA) is 0 Å². The molecule has 0 radical (unpaired) electrons. The third-order valence-electron chi connectivity index (χ3n) is 2.42. The highest BCUT2D eigenvalue weighted by molar-refractivity contribution is 8.01. The Kier molecular flexibility index (Phi) is 0.661. The lowest BCUT2D eigenvalue weighted by Gasteiger charge is -2.12. The fourth-order valence-corrected chi connectivity index (χ4v) is 3.34. The predicted molar refractivity (Wildman–Crippen MR) is 40.4 cm³/mol. The van der Waals surface area contributed by atoms with E-state index in [0.717, 1.165) is 22.3 Å². The molecule has 0 N–H and O–H groups in total. The van der Waals surface area contributed by atoms with E-state index in [0.29, 0.717) is 0 Å². The van der Waals surface area contributed by atoms with Gasteiger partial charge in [0.2, 0.25) is 0 Å². The van der Waals surface area contributed by atoms with Crippen LogP contribution in [0.4, 0.5) is 0 Å². The molecule has 0 aromatic carbocycles. The van der Waals surface area contributed by atoms with Crippen molar-refractivity contribution >= 4 is 11.8 Å². The summed E-state index contributed by atoms with van der Waals surface area (Å²) in [7, 11) is 0. The van der Waals surface area contributed by atoms with E-state index in [4.69, 9.17) is 0 Å². The van der Waals surface area contributed by atoms with E-state index in [1.165, 1.54) is 0 Å². The second kappa shape index (κ2) is 1.29. The molecular formula is C8H8S. The maximum absolute atomic E-state index is 2.40. The van der Waals surface area contributed by atoms with Crippen LogP contribution in [0.1, 0.15) is 0 Å². The van der Waals surface area contributed by atoms with E-state index in [1.54, 1.807) is 0 Å². The zero-order valence-electron chi connectivity index (χ0n) is 5.03. The molecule has 1 fully saturated rings. The van der Waals surface area contributed by atoms with Gasteiger partial charge in [-0.2, -0.15) is 0 Å². The van der Waals surface area contributed by atoms with Gasteiger partial charge in [-0.3, -0.25) is 0 Å². The lowest BCUT2D eigenvalue weighted by Crippen LogP contribution is -2.02. The normalized spacial score (nSPS) is 57.8. The van der Waals surface area contributed by atoms with Crippen LogP contribution < -0.4 is 0 Å². The second-order valence-corrected chi connectivity index (χ2v) is 4.35. The lowest BCUT2D eigenvalue weighted by atomic mass is 10.3. The van der Waals surface area contributed by atoms with Crippen LogP contribution in [0.5, 0.6) is 0 Å². The molecular weight excluding hydrogens is 128 g/mol. The molecule has 0 aromatic rings. The molecule has 1 saturated carbocycles. The van der Waals surface area contributed by atoms with E-state index in [-0.39, 0.29) is 0 Å². The van der Waals surface area contributed by atoms with Crippen LogP contribution in [0.3, 0.4) is 0 Å². The van der Waals surface area contributed by atoms with Crippen LogP contribution in [0, 0.1) is 11.8 Å². The van der Waals surface area contributed by atoms with Crippen molar-refractivity contribution in [2.24, 2.45) is 11.8 Å². The molecule has 3 aliphatic rings. The molecule has 2 unspecified atom stereocenters. The summed E-state index contributed by atoms with van der Waals surface area (Å²) < 4.78 is 0. The van der Waals surface area contributed by atoms with Gasteiger partial charge in [0.25, 0.3) is 0 Å². The summed E-state index contributed by atoms with van der Waals surface area (Å²) in [6, 6.07) is 0. The van der Waals surface area contributed by atoms with Gasteiger partial charge in [-0.25, -0.2) is 0 Å². The van der Waals surface area contributed by atoms with Gasteiger partial charge in [0, 0.05) is 10.5 Å². The largest absolute Gasteiger partial charge is 0.146 e.